The summed E-state index contributed by atoms with van der Waals surface area (Å²) in [6.45, 7) is 2.92. The molecule has 10 heteroatoms. The second-order valence-corrected chi connectivity index (χ2v) is 6.64. The summed E-state index contributed by atoms with van der Waals surface area (Å²) in [6.07, 6.45) is -3.44. The molecule has 1 saturated heterocycles. The Morgan fingerprint density at radius 2 is 2.03 bits per heavy atom. The van der Waals surface area contributed by atoms with Gasteiger partial charge in [0.2, 0.25) is 0 Å². The van der Waals surface area contributed by atoms with E-state index in [2.05, 4.69) is 4.98 Å². The number of nitrogens with zero attached hydrogens (tertiary/aromatic N) is 4. The molecule has 0 bridgehead atoms. The van der Waals surface area contributed by atoms with Crippen LogP contribution in [0.25, 0.3) is 0 Å². The zero-order chi connectivity index (χ0) is 20.8. The van der Waals surface area contributed by atoms with E-state index in [4.69, 9.17) is 15.0 Å². The number of rotatable bonds is 4. The van der Waals surface area contributed by atoms with Gasteiger partial charge in [0, 0.05) is 13.2 Å². The third-order valence-corrected chi connectivity index (χ3v) is 4.93. The summed E-state index contributed by atoms with van der Waals surface area (Å²) in [4.78, 5) is 13.8. The van der Waals surface area contributed by atoms with E-state index in [0.29, 0.717) is 35.9 Å². The van der Waals surface area contributed by atoms with Crippen LogP contribution in [0.15, 0.2) is 36.5 Å². The van der Waals surface area contributed by atoms with E-state index in [-0.39, 0.29) is 12.6 Å². The number of nitrogens with one attached hydrogen (secondary N) is 1. The lowest BCUT2D eigenvalue weighted by Gasteiger charge is -2.31. The van der Waals surface area contributed by atoms with Gasteiger partial charge in [-0.05, 0) is 37.3 Å². The Balaban J connectivity index is 1.81. The van der Waals surface area contributed by atoms with Gasteiger partial charge in [-0.2, -0.15) is 13.2 Å². The van der Waals surface area contributed by atoms with Crippen LogP contribution in [0.5, 0.6) is 0 Å². The van der Waals surface area contributed by atoms with Crippen LogP contribution >= 0.6 is 0 Å². The molecule has 3 heterocycles. The molecule has 2 aromatic rings. The summed E-state index contributed by atoms with van der Waals surface area (Å²) in [6, 6.07) is 7.16. The summed E-state index contributed by atoms with van der Waals surface area (Å²) in [7, 11) is 1.78. The van der Waals surface area contributed by atoms with Crippen molar-refractivity contribution in [3.05, 3.63) is 47.8 Å². The zero-order valence-electron chi connectivity index (χ0n) is 15.9. The van der Waals surface area contributed by atoms with Crippen molar-refractivity contribution in [1.82, 2.24) is 4.98 Å². The average molecular weight is 407 g/mol. The Hall–Kier alpha value is -3.01. The third kappa shape index (κ3) is 3.23. The van der Waals surface area contributed by atoms with E-state index in [1.54, 1.807) is 31.1 Å². The van der Waals surface area contributed by atoms with Crippen LogP contribution in [-0.4, -0.2) is 37.8 Å². The summed E-state index contributed by atoms with van der Waals surface area (Å²) < 4.78 is 45.1. The SMILES string of the molecule is CCON1c2cc(C(F)(F)F)ccc2N(C)C1c1ncccc1N1CCOC1=N. The minimum atomic E-state index is -4.46. The number of ether oxygens (including phenoxy) is 1. The molecule has 0 amide bonds. The lowest BCUT2D eigenvalue weighted by Crippen LogP contribution is -2.36. The van der Waals surface area contributed by atoms with E-state index >= 15 is 0 Å². The molecule has 2 aliphatic heterocycles. The minimum absolute atomic E-state index is 0.0136. The maximum atomic E-state index is 13.3. The maximum absolute atomic E-state index is 13.3. The number of halogens is 3. The average Bonchev–Trinajstić information content (AvgIpc) is 3.23. The van der Waals surface area contributed by atoms with Gasteiger partial charge in [0.25, 0.3) is 6.02 Å². The van der Waals surface area contributed by atoms with Crippen LogP contribution in [-0.2, 0) is 15.8 Å². The van der Waals surface area contributed by atoms with Gasteiger partial charge in [0.1, 0.15) is 12.3 Å². The Bertz CT molecular complexity index is 936. The lowest BCUT2D eigenvalue weighted by molar-refractivity contribution is -0.137. The molecule has 29 heavy (non-hydrogen) atoms. The van der Waals surface area contributed by atoms with Crippen molar-refractivity contribution in [2.45, 2.75) is 19.3 Å². The molecular weight excluding hydrogens is 387 g/mol. The molecule has 1 atom stereocenters. The molecule has 0 radical (unpaired) electrons. The summed E-state index contributed by atoms with van der Waals surface area (Å²) >= 11 is 0. The first-order valence-electron chi connectivity index (χ1n) is 9.13. The summed E-state index contributed by atoms with van der Waals surface area (Å²) in [5.41, 5.74) is 1.38. The van der Waals surface area contributed by atoms with Crippen molar-refractivity contribution in [3.8, 4) is 0 Å². The number of aromatic nitrogens is 1. The number of hydrogen-bond acceptors (Lipinski definition) is 6. The Kier molecular flexibility index (Phi) is 4.73. The van der Waals surface area contributed by atoms with Crippen LogP contribution in [0.1, 0.15) is 24.3 Å². The fraction of sp³-hybridized carbons (Fsp3) is 0.368. The van der Waals surface area contributed by atoms with Crippen molar-refractivity contribution in [3.63, 3.8) is 0 Å². The summed E-state index contributed by atoms with van der Waals surface area (Å²) in [5.74, 6) is 0. The number of fused-ring (bicyclic) bond motifs is 1. The highest BCUT2D eigenvalue weighted by molar-refractivity contribution is 5.92. The predicted molar refractivity (Wildman–Crippen MR) is 102 cm³/mol. The van der Waals surface area contributed by atoms with Gasteiger partial charge in [-0.1, -0.05) is 0 Å². The van der Waals surface area contributed by atoms with Gasteiger partial charge in [-0.15, -0.1) is 0 Å². The molecule has 0 spiro atoms. The Morgan fingerprint density at radius 1 is 1.24 bits per heavy atom. The highest BCUT2D eigenvalue weighted by Gasteiger charge is 2.41. The van der Waals surface area contributed by atoms with E-state index in [9.17, 15) is 13.2 Å². The fourth-order valence-corrected chi connectivity index (χ4v) is 3.65. The van der Waals surface area contributed by atoms with Gasteiger partial charge < -0.3 is 9.64 Å². The summed E-state index contributed by atoms with van der Waals surface area (Å²) in [5, 5.41) is 9.47. The molecule has 1 aromatic carbocycles. The zero-order valence-corrected chi connectivity index (χ0v) is 15.9. The van der Waals surface area contributed by atoms with Crippen LogP contribution < -0.4 is 14.9 Å². The third-order valence-electron chi connectivity index (χ3n) is 4.93. The van der Waals surface area contributed by atoms with Gasteiger partial charge in [-0.25, -0.2) is 5.06 Å². The highest BCUT2D eigenvalue weighted by atomic mass is 19.4. The molecule has 2 aliphatic rings. The molecule has 1 fully saturated rings. The molecule has 0 saturated carbocycles. The molecule has 0 aliphatic carbocycles. The maximum Gasteiger partial charge on any atom is 0.416 e. The van der Waals surface area contributed by atoms with Crippen molar-refractivity contribution in [2.24, 2.45) is 0 Å². The monoisotopic (exact) mass is 407 g/mol. The highest BCUT2D eigenvalue weighted by Crippen LogP contribution is 2.48. The Morgan fingerprint density at radius 3 is 2.69 bits per heavy atom. The molecule has 4 rings (SSSR count). The number of pyridine rings is 1. The second kappa shape index (κ2) is 7.11. The minimum Gasteiger partial charge on any atom is -0.463 e. The molecule has 7 nitrogen and oxygen atoms in total. The quantitative estimate of drug-likeness (QED) is 0.832. The van der Waals surface area contributed by atoms with Gasteiger partial charge in [0.05, 0.1) is 35.8 Å². The molecule has 1 aromatic heterocycles. The van der Waals surface area contributed by atoms with Crippen molar-refractivity contribution in [2.75, 3.05) is 41.7 Å². The van der Waals surface area contributed by atoms with Crippen LogP contribution in [0.2, 0.25) is 0 Å². The number of hydrogen-bond donors (Lipinski definition) is 1. The van der Waals surface area contributed by atoms with Crippen LogP contribution in [0.3, 0.4) is 0 Å². The molecular formula is C19H20F3N5O2. The van der Waals surface area contributed by atoms with Gasteiger partial charge >= 0.3 is 6.18 Å². The first kappa shape index (κ1) is 19.3. The smallest absolute Gasteiger partial charge is 0.416 e. The van der Waals surface area contributed by atoms with E-state index < -0.39 is 17.9 Å². The molecule has 1 unspecified atom stereocenters. The number of alkyl halides is 3. The number of benzene rings is 1. The largest absolute Gasteiger partial charge is 0.463 e. The van der Waals surface area contributed by atoms with Crippen molar-refractivity contribution < 1.29 is 22.7 Å². The van der Waals surface area contributed by atoms with Crippen LogP contribution in [0, 0.1) is 5.41 Å². The van der Waals surface area contributed by atoms with E-state index in [1.807, 2.05) is 11.0 Å². The first-order valence-corrected chi connectivity index (χ1v) is 9.13. The number of hydroxylamine groups is 1. The number of amidine groups is 1. The van der Waals surface area contributed by atoms with Crippen molar-refractivity contribution >= 4 is 23.1 Å². The topological polar surface area (TPSA) is 64.9 Å². The number of anilines is 3. The standard InChI is InChI=1S/C19H20F3N5O2/c1-3-29-27-15-11-12(19(20,21)22)6-7-13(15)25(2)17(27)16-14(5-4-8-24-16)26-9-10-28-18(26)23/h4-8,11,17,23H,3,9-10H2,1-2H3. The predicted octanol–water partition coefficient (Wildman–Crippen LogP) is 3.78. The lowest BCUT2D eigenvalue weighted by atomic mass is 10.1. The molecule has 154 valence electrons. The first-order chi connectivity index (χ1) is 13.8. The van der Waals surface area contributed by atoms with Crippen molar-refractivity contribution in [1.29, 1.82) is 5.41 Å². The fourth-order valence-electron chi connectivity index (χ4n) is 3.65. The van der Waals surface area contributed by atoms with E-state index in [1.165, 1.54) is 11.1 Å². The van der Waals surface area contributed by atoms with E-state index in [0.717, 1.165) is 12.1 Å². The Labute approximate surface area is 165 Å². The van der Waals surface area contributed by atoms with Gasteiger partial charge in [-0.3, -0.25) is 20.1 Å². The van der Waals surface area contributed by atoms with Crippen LogP contribution in [0.4, 0.5) is 30.2 Å². The normalized spacial score (nSPS) is 19.0. The van der Waals surface area contributed by atoms with Gasteiger partial charge in [0.15, 0.2) is 6.17 Å². The second-order valence-electron chi connectivity index (χ2n) is 6.64. The molecule has 1 N–H and O–H groups in total.